The number of urea groups is 1. The largest absolute Gasteiger partial charge is 0.506 e. The number of rotatable bonds is 3. The number of carbonyl (C=O) groups excluding carboxylic acids is 1. The second-order valence-corrected chi connectivity index (χ2v) is 5.02. The van der Waals surface area contributed by atoms with E-state index in [1.54, 1.807) is 0 Å². The highest BCUT2D eigenvalue weighted by molar-refractivity contribution is 5.91. The fourth-order valence-electron chi connectivity index (χ4n) is 2.35. The molecule has 2 atom stereocenters. The summed E-state index contributed by atoms with van der Waals surface area (Å²) in [6.45, 7) is 0. The van der Waals surface area contributed by atoms with Crippen molar-refractivity contribution in [3.05, 3.63) is 28.3 Å². The molecule has 1 aromatic rings. The number of amides is 2. The molecule has 114 valence electrons. The van der Waals surface area contributed by atoms with Crippen molar-refractivity contribution >= 4 is 17.4 Å². The lowest BCUT2D eigenvalue weighted by atomic mass is 9.93. The van der Waals surface area contributed by atoms with Crippen LogP contribution in [0.25, 0.3) is 0 Å². The molecule has 2 rings (SSSR count). The van der Waals surface area contributed by atoms with E-state index in [1.165, 1.54) is 12.1 Å². The standard InChI is InChI=1S/C13H17N3O5/c17-11-4-2-1-3-9(11)14-13(19)15-10-6-5-8(16(20)21)7-12(10)18/h5-7,9,11,17-18H,1-4H2,(H2,14,15,19). The quantitative estimate of drug-likeness (QED) is 0.384. The van der Waals surface area contributed by atoms with Gasteiger partial charge < -0.3 is 20.8 Å². The number of nitrogens with zero attached hydrogens (tertiary/aromatic N) is 1. The molecule has 0 saturated heterocycles. The number of anilines is 1. The number of hydrogen-bond acceptors (Lipinski definition) is 5. The van der Waals surface area contributed by atoms with Crippen molar-refractivity contribution in [2.45, 2.75) is 37.8 Å². The number of nitro benzene ring substituents is 1. The number of benzene rings is 1. The number of phenolic OH excluding ortho intramolecular Hbond substituents is 1. The molecule has 0 spiro atoms. The Balaban J connectivity index is 1.97. The highest BCUT2D eigenvalue weighted by Gasteiger charge is 2.24. The van der Waals surface area contributed by atoms with Crippen LogP contribution in [-0.4, -0.2) is 33.3 Å². The second kappa shape index (κ2) is 6.40. The summed E-state index contributed by atoms with van der Waals surface area (Å²) in [6, 6.07) is 2.52. The van der Waals surface area contributed by atoms with Crippen LogP contribution in [0.15, 0.2) is 18.2 Å². The minimum Gasteiger partial charge on any atom is -0.506 e. The molecule has 0 aliphatic heterocycles. The first kappa shape index (κ1) is 15.0. The third kappa shape index (κ3) is 3.82. The van der Waals surface area contributed by atoms with Crippen molar-refractivity contribution in [1.82, 2.24) is 5.32 Å². The third-order valence-corrected chi connectivity index (χ3v) is 3.49. The van der Waals surface area contributed by atoms with Crippen LogP contribution in [0.2, 0.25) is 0 Å². The molecule has 2 amide bonds. The van der Waals surface area contributed by atoms with Crippen LogP contribution >= 0.6 is 0 Å². The summed E-state index contributed by atoms with van der Waals surface area (Å²) in [5, 5.41) is 35.0. The van der Waals surface area contributed by atoms with Crippen molar-refractivity contribution in [3.63, 3.8) is 0 Å². The zero-order valence-electron chi connectivity index (χ0n) is 11.3. The maximum Gasteiger partial charge on any atom is 0.319 e. The minimum atomic E-state index is -0.637. The number of carbonyl (C=O) groups is 1. The van der Waals surface area contributed by atoms with Crippen LogP contribution < -0.4 is 10.6 Å². The minimum absolute atomic E-state index is 0.0726. The Morgan fingerprint density at radius 3 is 2.67 bits per heavy atom. The van der Waals surface area contributed by atoms with Crippen molar-refractivity contribution < 1.29 is 19.9 Å². The fraction of sp³-hybridized carbons (Fsp3) is 0.462. The van der Waals surface area contributed by atoms with E-state index in [1.807, 2.05) is 0 Å². The van der Waals surface area contributed by atoms with Gasteiger partial charge in [0.15, 0.2) is 0 Å². The number of hydrogen-bond donors (Lipinski definition) is 4. The lowest BCUT2D eigenvalue weighted by Gasteiger charge is -2.28. The summed E-state index contributed by atoms with van der Waals surface area (Å²) < 4.78 is 0. The Morgan fingerprint density at radius 1 is 1.33 bits per heavy atom. The molecular weight excluding hydrogens is 278 g/mol. The zero-order chi connectivity index (χ0) is 15.4. The van der Waals surface area contributed by atoms with E-state index >= 15 is 0 Å². The molecule has 0 radical (unpaired) electrons. The van der Waals surface area contributed by atoms with Crippen LogP contribution in [0.4, 0.5) is 16.2 Å². The molecule has 8 nitrogen and oxygen atoms in total. The average molecular weight is 295 g/mol. The highest BCUT2D eigenvalue weighted by atomic mass is 16.6. The summed E-state index contributed by atoms with van der Waals surface area (Å²) in [5.74, 6) is -0.386. The maximum absolute atomic E-state index is 11.8. The van der Waals surface area contributed by atoms with Gasteiger partial charge in [-0.05, 0) is 18.9 Å². The van der Waals surface area contributed by atoms with Crippen LogP contribution in [0.1, 0.15) is 25.7 Å². The van der Waals surface area contributed by atoms with E-state index in [-0.39, 0.29) is 23.2 Å². The summed E-state index contributed by atoms with van der Waals surface area (Å²) in [4.78, 5) is 21.7. The van der Waals surface area contributed by atoms with E-state index in [0.717, 1.165) is 18.9 Å². The predicted molar refractivity (Wildman–Crippen MR) is 75.2 cm³/mol. The van der Waals surface area contributed by atoms with Crippen LogP contribution in [0, 0.1) is 10.1 Å². The highest BCUT2D eigenvalue weighted by Crippen LogP contribution is 2.28. The number of aliphatic hydroxyl groups excluding tert-OH is 1. The van der Waals surface area contributed by atoms with Crippen molar-refractivity contribution in [1.29, 1.82) is 0 Å². The molecule has 2 unspecified atom stereocenters. The average Bonchev–Trinajstić information content (AvgIpc) is 2.43. The zero-order valence-corrected chi connectivity index (χ0v) is 11.3. The van der Waals surface area contributed by atoms with Crippen molar-refractivity contribution in [2.75, 3.05) is 5.32 Å². The Morgan fingerprint density at radius 2 is 2.05 bits per heavy atom. The normalized spacial score (nSPS) is 21.6. The van der Waals surface area contributed by atoms with Crippen LogP contribution in [0.3, 0.4) is 0 Å². The van der Waals surface area contributed by atoms with E-state index in [2.05, 4.69) is 10.6 Å². The van der Waals surface area contributed by atoms with Gasteiger partial charge in [0.1, 0.15) is 5.75 Å². The van der Waals surface area contributed by atoms with E-state index in [4.69, 9.17) is 0 Å². The molecule has 0 bridgehead atoms. The maximum atomic E-state index is 11.8. The lowest BCUT2D eigenvalue weighted by Crippen LogP contribution is -2.46. The first-order valence-electron chi connectivity index (χ1n) is 6.70. The van der Waals surface area contributed by atoms with Crippen molar-refractivity contribution in [3.8, 4) is 5.75 Å². The monoisotopic (exact) mass is 295 g/mol. The number of nitro groups is 1. The predicted octanol–water partition coefficient (Wildman–Crippen LogP) is 1.73. The molecule has 1 aliphatic carbocycles. The number of nitrogens with one attached hydrogen (secondary N) is 2. The fourth-order valence-corrected chi connectivity index (χ4v) is 2.35. The Bertz CT molecular complexity index is 549. The number of aromatic hydroxyl groups is 1. The SMILES string of the molecule is O=C(Nc1ccc([N+](=O)[O-])cc1O)NC1CCCCC1O. The van der Waals surface area contributed by atoms with E-state index in [9.17, 15) is 25.1 Å². The van der Waals surface area contributed by atoms with Gasteiger partial charge in [-0.3, -0.25) is 10.1 Å². The molecule has 1 aromatic carbocycles. The summed E-state index contributed by atoms with van der Waals surface area (Å²) in [6.07, 6.45) is 2.64. The van der Waals surface area contributed by atoms with Gasteiger partial charge in [0, 0.05) is 6.07 Å². The molecule has 4 N–H and O–H groups in total. The lowest BCUT2D eigenvalue weighted by molar-refractivity contribution is -0.384. The second-order valence-electron chi connectivity index (χ2n) is 5.02. The van der Waals surface area contributed by atoms with Gasteiger partial charge in [0.2, 0.25) is 0 Å². The molecule has 0 heterocycles. The van der Waals surface area contributed by atoms with Gasteiger partial charge in [-0.2, -0.15) is 0 Å². The Labute approximate surface area is 120 Å². The molecule has 0 aromatic heterocycles. The van der Waals surface area contributed by atoms with Gasteiger partial charge in [-0.15, -0.1) is 0 Å². The number of non-ortho nitro benzene ring substituents is 1. The Kier molecular flexibility index (Phi) is 4.59. The van der Waals surface area contributed by atoms with Gasteiger partial charge in [-0.25, -0.2) is 4.79 Å². The molecule has 1 aliphatic rings. The molecular formula is C13H17N3O5. The smallest absolute Gasteiger partial charge is 0.319 e. The number of phenols is 1. The van der Waals surface area contributed by atoms with Crippen molar-refractivity contribution in [2.24, 2.45) is 0 Å². The molecule has 1 saturated carbocycles. The van der Waals surface area contributed by atoms with Gasteiger partial charge in [0.05, 0.1) is 28.8 Å². The van der Waals surface area contributed by atoms with Crippen LogP contribution in [-0.2, 0) is 0 Å². The molecule has 1 fully saturated rings. The topological polar surface area (TPSA) is 125 Å². The van der Waals surface area contributed by atoms with Gasteiger partial charge in [0.25, 0.3) is 5.69 Å². The summed E-state index contributed by atoms with van der Waals surface area (Å²) in [7, 11) is 0. The van der Waals surface area contributed by atoms with E-state index < -0.39 is 17.1 Å². The molecule has 21 heavy (non-hydrogen) atoms. The summed E-state index contributed by atoms with van der Waals surface area (Å²) in [5.41, 5.74) is -0.190. The van der Waals surface area contributed by atoms with Gasteiger partial charge in [-0.1, -0.05) is 12.8 Å². The Hall–Kier alpha value is -2.35. The van der Waals surface area contributed by atoms with Gasteiger partial charge >= 0.3 is 6.03 Å². The first-order valence-corrected chi connectivity index (χ1v) is 6.70. The molecule has 8 heteroatoms. The number of aliphatic hydroxyl groups is 1. The summed E-state index contributed by atoms with van der Waals surface area (Å²) >= 11 is 0. The first-order chi connectivity index (χ1) is 9.97. The van der Waals surface area contributed by atoms with Crippen LogP contribution in [0.5, 0.6) is 5.75 Å². The third-order valence-electron chi connectivity index (χ3n) is 3.49. The van der Waals surface area contributed by atoms with E-state index in [0.29, 0.717) is 12.8 Å².